The quantitative estimate of drug-likeness (QED) is 0.626. The summed E-state index contributed by atoms with van der Waals surface area (Å²) in [5.41, 5.74) is 2.41. The average Bonchev–Trinajstić information content (AvgIpc) is 2.47. The largest absolute Gasteiger partial charge is 0.376 e. The minimum absolute atomic E-state index is 0.0124. The molecule has 0 atom stereocenters. The predicted octanol–water partition coefficient (Wildman–Crippen LogP) is 3.72. The Morgan fingerprint density at radius 3 is 2.50 bits per heavy atom. The van der Waals surface area contributed by atoms with E-state index in [9.17, 15) is 14.9 Å². The Balaban J connectivity index is 1.91. The maximum absolute atomic E-state index is 11.9. The molecule has 2 rings (SSSR count). The Morgan fingerprint density at radius 1 is 1.23 bits per heavy atom. The normalized spacial score (nSPS) is 10.1. The molecule has 0 bridgehead atoms. The van der Waals surface area contributed by atoms with Gasteiger partial charge in [-0.1, -0.05) is 15.9 Å². The molecule has 0 aliphatic rings. The summed E-state index contributed by atoms with van der Waals surface area (Å²) < 4.78 is 0.978. The van der Waals surface area contributed by atoms with Crippen molar-refractivity contribution in [3.05, 3.63) is 62.6 Å². The van der Waals surface area contributed by atoms with E-state index in [1.807, 2.05) is 25.1 Å². The lowest BCUT2D eigenvalue weighted by Crippen LogP contribution is -2.22. The number of rotatable bonds is 5. The van der Waals surface area contributed by atoms with Crippen molar-refractivity contribution in [2.24, 2.45) is 0 Å². The maximum atomic E-state index is 11.9. The fourth-order valence-electron chi connectivity index (χ4n) is 1.87. The van der Waals surface area contributed by atoms with Gasteiger partial charge in [0.25, 0.3) is 5.69 Å². The van der Waals surface area contributed by atoms with E-state index in [4.69, 9.17) is 0 Å². The Bertz CT molecular complexity index is 702. The zero-order chi connectivity index (χ0) is 16.1. The Kier molecular flexibility index (Phi) is 5.11. The first kappa shape index (κ1) is 16.0. The molecule has 0 unspecified atom stereocenters. The number of halogens is 1. The third kappa shape index (κ3) is 4.29. The van der Waals surface area contributed by atoms with Crippen LogP contribution in [0.15, 0.2) is 46.9 Å². The number of non-ortho nitro benzene ring substituents is 1. The summed E-state index contributed by atoms with van der Waals surface area (Å²) >= 11 is 3.38. The molecule has 2 aromatic carbocycles. The van der Waals surface area contributed by atoms with Crippen LogP contribution in [0.25, 0.3) is 0 Å². The van der Waals surface area contributed by atoms with Gasteiger partial charge in [0.05, 0.1) is 11.5 Å². The zero-order valence-electron chi connectivity index (χ0n) is 11.8. The van der Waals surface area contributed by atoms with E-state index in [0.29, 0.717) is 5.69 Å². The van der Waals surface area contributed by atoms with Crippen LogP contribution in [0.1, 0.15) is 5.56 Å². The molecular weight excluding hydrogens is 350 g/mol. The van der Waals surface area contributed by atoms with Crippen LogP contribution in [0.3, 0.4) is 0 Å². The number of nitro groups is 1. The van der Waals surface area contributed by atoms with Gasteiger partial charge in [-0.3, -0.25) is 14.9 Å². The first-order valence-corrected chi connectivity index (χ1v) is 7.29. The lowest BCUT2D eigenvalue weighted by Gasteiger charge is -2.10. The highest BCUT2D eigenvalue weighted by Gasteiger charge is 2.07. The molecule has 7 heteroatoms. The van der Waals surface area contributed by atoms with Crippen LogP contribution in [0.5, 0.6) is 0 Å². The second-order valence-corrected chi connectivity index (χ2v) is 5.58. The number of nitrogens with zero attached hydrogens (tertiary/aromatic N) is 1. The van der Waals surface area contributed by atoms with Crippen LogP contribution in [0.4, 0.5) is 17.1 Å². The minimum atomic E-state index is -0.483. The summed E-state index contributed by atoms with van der Waals surface area (Å²) in [6.45, 7) is 2.06. The number of hydrogen-bond donors (Lipinski definition) is 2. The number of carbonyl (C=O) groups is 1. The van der Waals surface area contributed by atoms with Crippen LogP contribution >= 0.6 is 15.9 Å². The molecule has 0 saturated heterocycles. The van der Waals surface area contributed by atoms with Gasteiger partial charge in [0.15, 0.2) is 0 Å². The smallest absolute Gasteiger partial charge is 0.269 e. The van der Waals surface area contributed by atoms with Gasteiger partial charge in [-0.25, -0.2) is 0 Å². The highest BCUT2D eigenvalue weighted by Crippen LogP contribution is 2.20. The molecule has 0 fully saturated rings. The molecule has 1 amide bonds. The van der Waals surface area contributed by atoms with E-state index in [-0.39, 0.29) is 18.1 Å². The number of anilines is 2. The van der Waals surface area contributed by atoms with Gasteiger partial charge >= 0.3 is 0 Å². The van der Waals surface area contributed by atoms with Crippen molar-refractivity contribution in [3.8, 4) is 0 Å². The molecule has 0 spiro atoms. The zero-order valence-corrected chi connectivity index (χ0v) is 13.4. The molecule has 0 heterocycles. The second kappa shape index (κ2) is 7.04. The lowest BCUT2D eigenvalue weighted by molar-refractivity contribution is -0.384. The fourth-order valence-corrected chi connectivity index (χ4v) is 2.35. The number of benzene rings is 2. The molecule has 22 heavy (non-hydrogen) atoms. The molecule has 0 radical (unpaired) electrons. The summed E-state index contributed by atoms with van der Waals surface area (Å²) in [6, 6.07) is 11.4. The van der Waals surface area contributed by atoms with E-state index >= 15 is 0 Å². The van der Waals surface area contributed by atoms with Crippen LogP contribution < -0.4 is 10.6 Å². The minimum Gasteiger partial charge on any atom is -0.376 e. The molecule has 6 nitrogen and oxygen atoms in total. The van der Waals surface area contributed by atoms with E-state index in [1.165, 1.54) is 24.3 Å². The van der Waals surface area contributed by atoms with Crippen molar-refractivity contribution in [1.82, 2.24) is 0 Å². The Labute approximate surface area is 135 Å². The standard InChI is InChI=1S/C15H14BrN3O3/c1-10-8-11(16)2-7-14(10)17-9-15(20)18-12-3-5-13(6-4-12)19(21)22/h2-8,17H,9H2,1H3,(H,18,20). The first-order valence-electron chi connectivity index (χ1n) is 6.50. The summed E-state index contributed by atoms with van der Waals surface area (Å²) in [7, 11) is 0. The molecule has 0 aliphatic carbocycles. The molecule has 0 saturated carbocycles. The Morgan fingerprint density at radius 2 is 1.91 bits per heavy atom. The predicted molar refractivity (Wildman–Crippen MR) is 89.1 cm³/mol. The number of amides is 1. The fraction of sp³-hybridized carbons (Fsp3) is 0.133. The molecule has 114 valence electrons. The van der Waals surface area contributed by atoms with Crippen LogP contribution in [-0.4, -0.2) is 17.4 Å². The second-order valence-electron chi connectivity index (χ2n) is 4.66. The van der Waals surface area contributed by atoms with Crippen LogP contribution in [-0.2, 0) is 4.79 Å². The average molecular weight is 364 g/mol. The highest BCUT2D eigenvalue weighted by molar-refractivity contribution is 9.10. The van der Waals surface area contributed by atoms with E-state index in [1.54, 1.807) is 0 Å². The number of nitro benzene ring substituents is 1. The highest BCUT2D eigenvalue weighted by atomic mass is 79.9. The maximum Gasteiger partial charge on any atom is 0.269 e. The molecular formula is C15H14BrN3O3. The summed E-state index contributed by atoms with van der Waals surface area (Å²) in [5.74, 6) is -0.226. The van der Waals surface area contributed by atoms with E-state index in [2.05, 4.69) is 26.6 Å². The first-order chi connectivity index (χ1) is 10.5. The van der Waals surface area contributed by atoms with Gasteiger partial charge in [0.1, 0.15) is 0 Å². The van der Waals surface area contributed by atoms with Gasteiger partial charge in [0, 0.05) is 28.0 Å². The van der Waals surface area contributed by atoms with Crippen molar-refractivity contribution >= 4 is 38.9 Å². The van der Waals surface area contributed by atoms with Gasteiger partial charge in [-0.05, 0) is 42.8 Å². The van der Waals surface area contributed by atoms with Crippen LogP contribution in [0.2, 0.25) is 0 Å². The molecule has 0 aliphatic heterocycles. The SMILES string of the molecule is Cc1cc(Br)ccc1NCC(=O)Nc1ccc([N+](=O)[O-])cc1. The summed E-state index contributed by atoms with van der Waals surface area (Å²) in [6.07, 6.45) is 0. The Hall–Kier alpha value is -2.41. The van der Waals surface area contributed by atoms with Crippen molar-refractivity contribution in [3.63, 3.8) is 0 Å². The number of carbonyl (C=O) groups excluding carboxylic acids is 1. The van der Waals surface area contributed by atoms with Crippen LogP contribution in [0, 0.1) is 17.0 Å². The van der Waals surface area contributed by atoms with Crippen molar-refractivity contribution in [2.45, 2.75) is 6.92 Å². The van der Waals surface area contributed by atoms with Gasteiger partial charge in [-0.15, -0.1) is 0 Å². The van der Waals surface area contributed by atoms with Crippen molar-refractivity contribution in [2.75, 3.05) is 17.2 Å². The molecule has 2 aromatic rings. The summed E-state index contributed by atoms with van der Waals surface area (Å²) in [5, 5.41) is 16.3. The van der Waals surface area contributed by atoms with Gasteiger partial charge in [-0.2, -0.15) is 0 Å². The third-order valence-corrected chi connectivity index (χ3v) is 3.48. The summed E-state index contributed by atoms with van der Waals surface area (Å²) in [4.78, 5) is 21.9. The van der Waals surface area contributed by atoms with E-state index < -0.39 is 4.92 Å². The van der Waals surface area contributed by atoms with Gasteiger partial charge in [0.2, 0.25) is 5.91 Å². The third-order valence-electron chi connectivity index (χ3n) is 2.99. The topological polar surface area (TPSA) is 84.3 Å². The number of hydrogen-bond acceptors (Lipinski definition) is 4. The number of aryl methyl sites for hydroxylation is 1. The van der Waals surface area contributed by atoms with Crippen molar-refractivity contribution in [1.29, 1.82) is 0 Å². The monoisotopic (exact) mass is 363 g/mol. The van der Waals surface area contributed by atoms with E-state index in [0.717, 1.165) is 15.7 Å². The number of nitrogens with one attached hydrogen (secondary N) is 2. The van der Waals surface area contributed by atoms with Crippen molar-refractivity contribution < 1.29 is 9.72 Å². The lowest BCUT2D eigenvalue weighted by atomic mass is 10.2. The molecule has 2 N–H and O–H groups in total. The molecule has 0 aromatic heterocycles. The van der Waals surface area contributed by atoms with Gasteiger partial charge < -0.3 is 10.6 Å².